The van der Waals surface area contributed by atoms with Gasteiger partial charge in [0, 0.05) is 43.6 Å². The van der Waals surface area contributed by atoms with E-state index in [1.807, 2.05) is 6.07 Å². The zero-order valence-corrected chi connectivity index (χ0v) is 16.1. The van der Waals surface area contributed by atoms with E-state index < -0.39 is 6.10 Å². The van der Waals surface area contributed by atoms with Crippen LogP contribution in [0.3, 0.4) is 0 Å². The molecule has 0 radical (unpaired) electrons. The number of piperazine rings is 1. The summed E-state index contributed by atoms with van der Waals surface area (Å²) in [5, 5.41) is 13.9. The number of hydrogen-bond acceptors (Lipinski definition) is 9. The van der Waals surface area contributed by atoms with Crippen molar-refractivity contribution in [3.63, 3.8) is 0 Å². The Hall–Kier alpha value is -3.14. The molecular formula is C18H23N9O. The second-order valence-electron chi connectivity index (χ2n) is 7.01. The van der Waals surface area contributed by atoms with E-state index in [4.69, 9.17) is 0 Å². The number of aliphatic hydroxyl groups excluding tert-OH is 1. The third kappa shape index (κ3) is 3.50. The van der Waals surface area contributed by atoms with Crippen molar-refractivity contribution in [1.29, 1.82) is 0 Å². The topological polar surface area (TPSA) is 109 Å². The quantitative estimate of drug-likeness (QED) is 0.708. The van der Waals surface area contributed by atoms with Crippen molar-refractivity contribution >= 4 is 11.8 Å². The van der Waals surface area contributed by atoms with Crippen LogP contribution < -0.4 is 9.80 Å². The highest BCUT2D eigenvalue weighted by Gasteiger charge is 2.32. The Morgan fingerprint density at radius 2 is 1.75 bits per heavy atom. The summed E-state index contributed by atoms with van der Waals surface area (Å²) in [6.45, 7) is 7.46. The molecule has 146 valence electrons. The van der Waals surface area contributed by atoms with Gasteiger partial charge in [-0.25, -0.2) is 24.6 Å². The molecule has 3 aromatic heterocycles. The van der Waals surface area contributed by atoms with E-state index in [2.05, 4.69) is 53.7 Å². The fraction of sp³-hybridized carbons (Fsp3) is 0.444. The molecule has 1 aliphatic rings. The molecule has 10 nitrogen and oxygen atoms in total. The summed E-state index contributed by atoms with van der Waals surface area (Å²) < 4.78 is 1.62. The average molecular weight is 381 g/mol. The molecule has 0 aliphatic carbocycles. The fourth-order valence-corrected chi connectivity index (χ4v) is 3.59. The predicted molar refractivity (Wildman–Crippen MR) is 103 cm³/mol. The van der Waals surface area contributed by atoms with Gasteiger partial charge in [-0.05, 0) is 26.8 Å². The maximum absolute atomic E-state index is 9.79. The smallest absolute Gasteiger partial charge is 0.227 e. The van der Waals surface area contributed by atoms with E-state index in [0.717, 1.165) is 18.9 Å². The lowest BCUT2D eigenvalue weighted by Crippen LogP contribution is -2.57. The summed E-state index contributed by atoms with van der Waals surface area (Å²) in [6.07, 6.45) is 5.83. The maximum Gasteiger partial charge on any atom is 0.227 e. The number of aromatic nitrogens is 7. The van der Waals surface area contributed by atoms with Crippen LogP contribution in [0.1, 0.15) is 32.7 Å². The Kier molecular flexibility index (Phi) is 4.86. The molecule has 1 saturated heterocycles. The SMILES string of the molecule is C[C@@H]1CN(c2nccc(-n3cncn3)n2)C[C@H](C)N1c1ccnc([C@@H](C)O)n1. The second kappa shape index (κ2) is 7.47. The third-order valence-electron chi connectivity index (χ3n) is 4.78. The zero-order valence-electron chi connectivity index (χ0n) is 16.1. The Bertz CT molecular complexity index is 918. The second-order valence-corrected chi connectivity index (χ2v) is 7.01. The standard InChI is InChI=1S/C18H23N9O/c1-12-8-25(18-21-7-4-15(24-18)26-11-19-10-22-26)9-13(2)27(12)16-5-6-20-17(23-16)14(3)28/h4-7,10-14,28H,8-9H2,1-3H3/t12-,13+,14-/m1/s1. The molecule has 0 amide bonds. The summed E-state index contributed by atoms with van der Waals surface area (Å²) in [5.74, 6) is 2.60. The number of rotatable bonds is 4. The lowest BCUT2D eigenvalue weighted by molar-refractivity contribution is 0.189. The number of aliphatic hydroxyl groups is 1. The van der Waals surface area contributed by atoms with Crippen molar-refractivity contribution in [3.8, 4) is 5.82 Å². The molecule has 0 spiro atoms. The highest BCUT2D eigenvalue weighted by Crippen LogP contribution is 2.25. The lowest BCUT2D eigenvalue weighted by atomic mass is 10.1. The molecule has 0 saturated carbocycles. The predicted octanol–water partition coefficient (Wildman–Crippen LogP) is 1.00. The van der Waals surface area contributed by atoms with Crippen LogP contribution >= 0.6 is 0 Å². The van der Waals surface area contributed by atoms with Gasteiger partial charge < -0.3 is 14.9 Å². The van der Waals surface area contributed by atoms with Gasteiger partial charge in [-0.1, -0.05) is 0 Å². The molecule has 4 rings (SSSR count). The Morgan fingerprint density at radius 1 is 1.04 bits per heavy atom. The van der Waals surface area contributed by atoms with E-state index in [0.29, 0.717) is 17.6 Å². The molecule has 1 aliphatic heterocycles. The minimum absolute atomic E-state index is 0.180. The van der Waals surface area contributed by atoms with Gasteiger partial charge in [0.1, 0.15) is 24.6 Å². The highest BCUT2D eigenvalue weighted by atomic mass is 16.3. The molecule has 1 N–H and O–H groups in total. The molecule has 1 fully saturated rings. The fourth-order valence-electron chi connectivity index (χ4n) is 3.59. The van der Waals surface area contributed by atoms with Gasteiger partial charge in [-0.2, -0.15) is 10.1 Å². The van der Waals surface area contributed by atoms with Gasteiger partial charge in [-0.15, -0.1) is 0 Å². The van der Waals surface area contributed by atoms with Crippen molar-refractivity contribution < 1.29 is 5.11 Å². The van der Waals surface area contributed by atoms with Crippen LogP contribution in [-0.2, 0) is 0 Å². The molecule has 0 unspecified atom stereocenters. The van der Waals surface area contributed by atoms with Crippen LogP contribution in [0.25, 0.3) is 5.82 Å². The van der Waals surface area contributed by atoms with Gasteiger partial charge in [0.2, 0.25) is 5.95 Å². The van der Waals surface area contributed by atoms with Gasteiger partial charge >= 0.3 is 0 Å². The number of anilines is 2. The molecule has 28 heavy (non-hydrogen) atoms. The van der Waals surface area contributed by atoms with Gasteiger partial charge in [0.15, 0.2) is 11.6 Å². The monoisotopic (exact) mass is 381 g/mol. The Balaban J connectivity index is 1.56. The van der Waals surface area contributed by atoms with Crippen molar-refractivity contribution in [2.45, 2.75) is 39.0 Å². The zero-order chi connectivity index (χ0) is 19.7. The van der Waals surface area contributed by atoms with E-state index in [-0.39, 0.29) is 12.1 Å². The Morgan fingerprint density at radius 3 is 2.43 bits per heavy atom. The molecule has 0 bridgehead atoms. The highest BCUT2D eigenvalue weighted by molar-refractivity contribution is 5.46. The van der Waals surface area contributed by atoms with E-state index in [9.17, 15) is 5.11 Å². The summed E-state index contributed by atoms with van der Waals surface area (Å²) >= 11 is 0. The van der Waals surface area contributed by atoms with Gasteiger partial charge in [0.25, 0.3) is 0 Å². The van der Waals surface area contributed by atoms with Crippen molar-refractivity contribution in [3.05, 3.63) is 43.0 Å². The number of nitrogens with zero attached hydrogens (tertiary/aromatic N) is 9. The largest absolute Gasteiger partial charge is 0.385 e. The van der Waals surface area contributed by atoms with Crippen molar-refractivity contribution in [2.75, 3.05) is 22.9 Å². The van der Waals surface area contributed by atoms with Gasteiger partial charge in [-0.3, -0.25) is 0 Å². The summed E-state index contributed by atoms with van der Waals surface area (Å²) in [6, 6.07) is 4.05. The third-order valence-corrected chi connectivity index (χ3v) is 4.78. The summed E-state index contributed by atoms with van der Waals surface area (Å²) in [5.41, 5.74) is 0. The first-order valence-electron chi connectivity index (χ1n) is 9.25. The van der Waals surface area contributed by atoms with E-state index >= 15 is 0 Å². The first-order chi connectivity index (χ1) is 13.5. The first kappa shape index (κ1) is 18.2. The number of hydrogen-bond donors (Lipinski definition) is 1. The van der Waals surface area contributed by atoms with Gasteiger partial charge in [0.05, 0.1) is 0 Å². The van der Waals surface area contributed by atoms with Crippen LogP contribution in [0.15, 0.2) is 37.2 Å². The average Bonchev–Trinajstić information content (AvgIpc) is 3.23. The molecule has 10 heteroatoms. The van der Waals surface area contributed by atoms with Crippen molar-refractivity contribution in [1.82, 2.24) is 34.7 Å². The summed E-state index contributed by atoms with van der Waals surface area (Å²) in [4.78, 5) is 26.2. The van der Waals surface area contributed by atoms with E-state index in [1.165, 1.54) is 6.33 Å². The molecular weight excluding hydrogens is 358 g/mol. The minimum atomic E-state index is -0.695. The Labute approximate surface area is 162 Å². The maximum atomic E-state index is 9.79. The van der Waals surface area contributed by atoms with Crippen LogP contribution in [0.2, 0.25) is 0 Å². The molecule has 0 aromatic carbocycles. The van der Waals surface area contributed by atoms with Crippen molar-refractivity contribution in [2.24, 2.45) is 0 Å². The molecule has 4 heterocycles. The minimum Gasteiger partial charge on any atom is -0.385 e. The molecule has 3 aromatic rings. The molecule has 3 atom stereocenters. The van der Waals surface area contributed by atoms with Crippen LogP contribution in [0.4, 0.5) is 11.8 Å². The van der Waals surface area contributed by atoms with E-state index in [1.54, 1.807) is 36.4 Å². The van der Waals surface area contributed by atoms with Crippen LogP contribution in [0.5, 0.6) is 0 Å². The first-order valence-corrected chi connectivity index (χ1v) is 9.25. The summed E-state index contributed by atoms with van der Waals surface area (Å²) in [7, 11) is 0. The van der Waals surface area contributed by atoms with Crippen LogP contribution in [0, 0.1) is 0 Å². The van der Waals surface area contributed by atoms with Crippen LogP contribution in [-0.4, -0.2) is 65.0 Å². The normalized spacial score (nSPS) is 21.0. The lowest BCUT2D eigenvalue weighted by Gasteiger charge is -2.45.